The Morgan fingerprint density at radius 3 is 2.74 bits per heavy atom. The van der Waals surface area contributed by atoms with Crippen LogP contribution in [0, 0.1) is 0 Å². The highest BCUT2D eigenvalue weighted by atomic mass is 16.5. The number of rotatable bonds is 5. The molecule has 0 amide bonds. The van der Waals surface area contributed by atoms with Crippen LogP contribution >= 0.6 is 0 Å². The van der Waals surface area contributed by atoms with Gasteiger partial charge in [-0.2, -0.15) is 0 Å². The summed E-state index contributed by atoms with van der Waals surface area (Å²) in [6.07, 6.45) is 1.34. The van der Waals surface area contributed by atoms with Crippen LogP contribution in [-0.4, -0.2) is 25.8 Å². The van der Waals surface area contributed by atoms with E-state index in [4.69, 9.17) is 9.84 Å². The Morgan fingerprint density at radius 1 is 1.22 bits per heavy atom. The summed E-state index contributed by atoms with van der Waals surface area (Å²) in [6.45, 7) is 0.185. The number of nitrogens with zero attached hydrogens (tertiary/aromatic N) is 2. The minimum atomic E-state index is -1.08. The van der Waals surface area contributed by atoms with Crippen LogP contribution in [0.3, 0.4) is 0 Å². The van der Waals surface area contributed by atoms with Crippen molar-refractivity contribution >= 4 is 5.97 Å². The molecule has 0 aliphatic rings. The highest BCUT2D eigenvalue weighted by molar-refractivity contribution is 5.87. The van der Waals surface area contributed by atoms with Crippen LogP contribution in [0.2, 0.25) is 0 Å². The first kappa shape index (κ1) is 14.6. The van der Waals surface area contributed by atoms with Crippen LogP contribution in [0.4, 0.5) is 0 Å². The van der Waals surface area contributed by atoms with Gasteiger partial charge < -0.3 is 9.84 Å². The molecular weight excluding hydrogens is 298 g/mol. The van der Waals surface area contributed by atoms with Gasteiger partial charge in [0.2, 0.25) is 0 Å². The number of benzene rings is 1. The van der Waals surface area contributed by atoms with E-state index in [2.05, 4.69) is 10.1 Å². The summed E-state index contributed by atoms with van der Waals surface area (Å²) in [6, 6.07) is 13.3. The van der Waals surface area contributed by atoms with E-state index >= 15 is 0 Å². The Labute approximate surface area is 130 Å². The minimum Gasteiger partial charge on any atom is -0.487 e. The third-order valence-corrected chi connectivity index (χ3v) is 3.13. The van der Waals surface area contributed by atoms with Crippen LogP contribution < -0.4 is 10.3 Å². The van der Waals surface area contributed by atoms with Gasteiger partial charge >= 0.3 is 5.97 Å². The number of carboxylic acid groups (broad SMARTS) is 1. The fourth-order valence-corrected chi connectivity index (χ4v) is 2.04. The second-order valence-electron chi connectivity index (χ2n) is 4.76. The number of carboxylic acids is 1. The van der Waals surface area contributed by atoms with Crippen molar-refractivity contribution in [1.82, 2.24) is 14.8 Å². The summed E-state index contributed by atoms with van der Waals surface area (Å²) < 4.78 is 6.74. The van der Waals surface area contributed by atoms with E-state index in [0.717, 1.165) is 0 Å². The van der Waals surface area contributed by atoms with Crippen molar-refractivity contribution in [1.29, 1.82) is 0 Å². The van der Waals surface area contributed by atoms with Crippen molar-refractivity contribution < 1.29 is 14.6 Å². The van der Waals surface area contributed by atoms with Crippen molar-refractivity contribution in [2.45, 2.75) is 6.61 Å². The summed E-state index contributed by atoms with van der Waals surface area (Å²) in [5.74, 6) is -0.186. The molecule has 0 atom stereocenters. The van der Waals surface area contributed by atoms with Gasteiger partial charge in [0.15, 0.2) is 5.82 Å². The number of aromatic carboxylic acids is 1. The number of carbonyl (C=O) groups is 1. The average molecular weight is 311 g/mol. The third kappa shape index (κ3) is 3.29. The van der Waals surface area contributed by atoms with Crippen molar-refractivity contribution in [3.63, 3.8) is 0 Å². The number of hydrogen-bond acceptors (Lipinski definition) is 4. The summed E-state index contributed by atoms with van der Waals surface area (Å²) in [5, 5.41) is 11.9. The number of ether oxygens (including phenoxy) is 1. The van der Waals surface area contributed by atoms with Crippen molar-refractivity contribution in [3.05, 3.63) is 76.3 Å². The molecule has 1 aromatic carbocycles. The molecule has 0 fully saturated rings. The lowest BCUT2D eigenvalue weighted by Crippen LogP contribution is -2.15. The fraction of sp³-hybridized carbons (Fsp3) is 0.0625. The number of H-pyrrole nitrogens is 1. The van der Waals surface area contributed by atoms with Crippen molar-refractivity contribution in [3.8, 4) is 11.6 Å². The number of pyridine rings is 1. The van der Waals surface area contributed by atoms with Gasteiger partial charge in [-0.3, -0.25) is 9.89 Å². The maximum atomic E-state index is 12.0. The molecule has 2 N–H and O–H groups in total. The van der Waals surface area contributed by atoms with Gasteiger partial charge in [-0.05, 0) is 24.3 Å². The molecule has 116 valence electrons. The molecule has 0 unspecified atom stereocenters. The Kier molecular flexibility index (Phi) is 3.92. The molecule has 0 saturated heterocycles. The van der Waals surface area contributed by atoms with Gasteiger partial charge in [-0.15, -0.1) is 0 Å². The standard InChI is InChI=1S/C16H13N3O4/c20-15-9-12(10-23-13-4-2-1-3-5-13)18-19(15)14-8-11(16(21)22)6-7-17-14/h1-9,18H,10H2,(H,21,22). The molecule has 0 aliphatic heterocycles. The number of aromatic nitrogens is 3. The molecule has 2 aromatic heterocycles. The Hall–Kier alpha value is -3.35. The van der Waals surface area contributed by atoms with Crippen molar-refractivity contribution in [2.75, 3.05) is 0 Å². The largest absolute Gasteiger partial charge is 0.487 e. The zero-order valence-corrected chi connectivity index (χ0v) is 12.0. The molecule has 3 rings (SSSR count). The number of hydrogen-bond donors (Lipinski definition) is 2. The minimum absolute atomic E-state index is 0.0542. The summed E-state index contributed by atoms with van der Waals surface area (Å²) in [4.78, 5) is 27.0. The van der Waals surface area contributed by atoms with E-state index in [-0.39, 0.29) is 23.5 Å². The monoisotopic (exact) mass is 311 g/mol. The summed E-state index contributed by atoms with van der Waals surface area (Å²) in [7, 11) is 0. The molecular formula is C16H13N3O4. The van der Waals surface area contributed by atoms with Crippen LogP contribution in [0.5, 0.6) is 5.75 Å². The zero-order chi connectivity index (χ0) is 16.2. The zero-order valence-electron chi connectivity index (χ0n) is 12.0. The normalized spacial score (nSPS) is 10.4. The number of aromatic amines is 1. The quantitative estimate of drug-likeness (QED) is 0.749. The Balaban J connectivity index is 1.82. The van der Waals surface area contributed by atoms with E-state index in [1.165, 1.54) is 29.1 Å². The van der Waals surface area contributed by atoms with Crippen LogP contribution in [0.15, 0.2) is 59.5 Å². The van der Waals surface area contributed by atoms with Gasteiger partial charge in [0.05, 0.1) is 11.3 Å². The van der Waals surface area contributed by atoms with Gasteiger partial charge in [-0.1, -0.05) is 18.2 Å². The highest BCUT2D eigenvalue weighted by Gasteiger charge is 2.10. The average Bonchev–Trinajstić information content (AvgIpc) is 2.95. The highest BCUT2D eigenvalue weighted by Crippen LogP contribution is 2.11. The number of nitrogens with one attached hydrogen (secondary N) is 1. The topological polar surface area (TPSA) is 97.2 Å². The van der Waals surface area contributed by atoms with Crippen molar-refractivity contribution in [2.24, 2.45) is 0 Å². The first-order chi connectivity index (χ1) is 11.1. The van der Waals surface area contributed by atoms with E-state index in [1.807, 2.05) is 30.3 Å². The van der Waals surface area contributed by atoms with Gasteiger partial charge in [0.1, 0.15) is 12.4 Å². The molecule has 0 aliphatic carbocycles. The van der Waals surface area contributed by atoms with Gasteiger partial charge in [-0.25, -0.2) is 14.5 Å². The lowest BCUT2D eigenvalue weighted by Gasteiger charge is -2.04. The van der Waals surface area contributed by atoms with Gasteiger partial charge in [0, 0.05) is 12.3 Å². The van der Waals surface area contributed by atoms with E-state index in [9.17, 15) is 9.59 Å². The van der Waals surface area contributed by atoms with E-state index < -0.39 is 5.97 Å². The number of para-hydroxylation sites is 1. The maximum Gasteiger partial charge on any atom is 0.335 e. The molecule has 0 spiro atoms. The van der Waals surface area contributed by atoms with Gasteiger partial charge in [0.25, 0.3) is 5.56 Å². The smallest absolute Gasteiger partial charge is 0.335 e. The fourth-order valence-electron chi connectivity index (χ4n) is 2.04. The predicted molar refractivity (Wildman–Crippen MR) is 81.9 cm³/mol. The molecule has 0 bridgehead atoms. The molecule has 23 heavy (non-hydrogen) atoms. The first-order valence-corrected chi connectivity index (χ1v) is 6.82. The first-order valence-electron chi connectivity index (χ1n) is 6.82. The molecule has 2 heterocycles. The summed E-state index contributed by atoms with van der Waals surface area (Å²) >= 11 is 0. The maximum absolute atomic E-state index is 12.0. The lowest BCUT2D eigenvalue weighted by atomic mass is 10.3. The lowest BCUT2D eigenvalue weighted by molar-refractivity contribution is 0.0696. The van der Waals surface area contributed by atoms with E-state index in [1.54, 1.807) is 0 Å². The predicted octanol–water partition coefficient (Wildman–Crippen LogP) is 1.84. The second-order valence-corrected chi connectivity index (χ2v) is 4.76. The molecule has 7 nitrogen and oxygen atoms in total. The van der Waals surface area contributed by atoms with Crippen LogP contribution in [0.25, 0.3) is 5.82 Å². The second kappa shape index (κ2) is 6.18. The van der Waals surface area contributed by atoms with E-state index in [0.29, 0.717) is 11.4 Å². The SMILES string of the molecule is O=C(O)c1ccnc(-n2[nH]c(COc3ccccc3)cc2=O)c1. The summed E-state index contributed by atoms with van der Waals surface area (Å²) in [5.41, 5.74) is 0.270. The van der Waals surface area contributed by atoms with Crippen LogP contribution in [-0.2, 0) is 6.61 Å². The third-order valence-electron chi connectivity index (χ3n) is 3.13. The Morgan fingerprint density at radius 2 is 2.00 bits per heavy atom. The molecule has 0 radical (unpaired) electrons. The molecule has 7 heteroatoms. The molecule has 3 aromatic rings. The Bertz CT molecular complexity index is 884. The molecule has 0 saturated carbocycles. The van der Waals surface area contributed by atoms with Crippen LogP contribution in [0.1, 0.15) is 16.1 Å².